The van der Waals surface area contributed by atoms with Crippen molar-refractivity contribution >= 4 is 11.9 Å². The van der Waals surface area contributed by atoms with E-state index in [0.29, 0.717) is 24.5 Å². The fourth-order valence-electron chi connectivity index (χ4n) is 3.23. The van der Waals surface area contributed by atoms with Crippen LogP contribution in [0.25, 0.3) is 0 Å². The van der Waals surface area contributed by atoms with Crippen LogP contribution in [0.15, 0.2) is 48.5 Å². The zero-order chi connectivity index (χ0) is 22.9. The van der Waals surface area contributed by atoms with Gasteiger partial charge in [-0.1, -0.05) is 36.4 Å². The highest BCUT2D eigenvalue weighted by Gasteiger charge is 2.23. The summed E-state index contributed by atoms with van der Waals surface area (Å²) in [6.45, 7) is 2.84. The molecule has 0 aliphatic carbocycles. The van der Waals surface area contributed by atoms with Crippen molar-refractivity contribution in [3.05, 3.63) is 76.6 Å². The van der Waals surface area contributed by atoms with Crippen LogP contribution in [0, 0.1) is 0 Å². The Morgan fingerprint density at radius 3 is 2.59 bits per heavy atom. The number of carbonyl (C=O) groups is 2. The maximum Gasteiger partial charge on any atom is 0.337 e. The van der Waals surface area contributed by atoms with E-state index in [9.17, 15) is 9.59 Å². The van der Waals surface area contributed by atoms with Crippen LogP contribution in [0.2, 0.25) is 0 Å². The van der Waals surface area contributed by atoms with Gasteiger partial charge in [-0.25, -0.2) is 9.48 Å². The summed E-state index contributed by atoms with van der Waals surface area (Å²) >= 11 is 0. The molecule has 32 heavy (non-hydrogen) atoms. The Morgan fingerprint density at radius 2 is 1.91 bits per heavy atom. The molecule has 0 aliphatic rings. The molecule has 3 rings (SSSR count). The number of tetrazole rings is 1. The molecule has 168 valence electrons. The fraction of sp³-hybridized carbons (Fsp3) is 0.318. The van der Waals surface area contributed by atoms with Gasteiger partial charge in [0.1, 0.15) is 6.54 Å². The van der Waals surface area contributed by atoms with Gasteiger partial charge < -0.3 is 15.2 Å². The number of ether oxygens (including phenoxy) is 2. The Hall–Kier alpha value is -3.63. The third kappa shape index (κ3) is 5.74. The summed E-state index contributed by atoms with van der Waals surface area (Å²) in [6.07, 6.45) is 0. The molecule has 0 fully saturated rings. The van der Waals surface area contributed by atoms with Crippen molar-refractivity contribution in [1.29, 1.82) is 0 Å². The Labute approximate surface area is 185 Å². The summed E-state index contributed by atoms with van der Waals surface area (Å²) in [7, 11) is 1.33. The third-order valence-electron chi connectivity index (χ3n) is 4.80. The summed E-state index contributed by atoms with van der Waals surface area (Å²) in [5.74, 6) is -0.415. The molecule has 10 nitrogen and oxygen atoms in total. The van der Waals surface area contributed by atoms with E-state index in [1.54, 1.807) is 31.2 Å². The molecule has 0 amide bonds. The lowest BCUT2D eigenvalue weighted by atomic mass is 10.0. The molecular formula is C22H26N6O4. The van der Waals surface area contributed by atoms with E-state index in [-0.39, 0.29) is 13.2 Å². The van der Waals surface area contributed by atoms with E-state index < -0.39 is 18.0 Å². The van der Waals surface area contributed by atoms with Crippen LogP contribution in [0.5, 0.6) is 0 Å². The van der Waals surface area contributed by atoms with Crippen LogP contribution < -0.4 is 11.1 Å². The lowest BCUT2D eigenvalue weighted by Crippen LogP contribution is -2.27. The van der Waals surface area contributed by atoms with Gasteiger partial charge in [0.2, 0.25) is 0 Å². The van der Waals surface area contributed by atoms with E-state index in [4.69, 9.17) is 15.2 Å². The molecule has 0 aliphatic heterocycles. The number of rotatable bonds is 10. The largest absolute Gasteiger partial charge is 0.465 e. The number of esters is 2. The van der Waals surface area contributed by atoms with Gasteiger partial charge >= 0.3 is 11.9 Å². The van der Waals surface area contributed by atoms with Crippen LogP contribution in [0.1, 0.15) is 45.8 Å². The first-order valence-corrected chi connectivity index (χ1v) is 10.2. The predicted molar refractivity (Wildman–Crippen MR) is 115 cm³/mol. The molecule has 0 bridgehead atoms. The standard InChI is InChI=1S/C22H26N6O4/c1-3-32-19(29)14-28-21(25-26-27-28)20(17-7-9-18(10-8-17)22(30)31-2)24-13-16-6-4-5-15(11-16)12-23/h4-11,20,24H,3,12-14,23H2,1-2H3. The number of aromatic nitrogens is 4. The Morgan fingerprint density at radius 1 is 1.16 bits per heavy atom. The molecule has 1 unspecified atom stereocenters. The van der Waals surface area contributed by atoms with Gasteiger partial charge in [-0.2, -0.15) is 0 Å². The first-order valence-electron chi connectivity index (χ1n) is 10.2. The number of hydrogen-bond donors (Lipinski definition) is 2. The number of nitrogens with two attached hydrogens (primary N) is 1. The van der Waals surface area contributed by atoms with Crippen molar-refractivity contribution in [3.8, 4) is 0 Å². The summed E-state index contributed by atoms with van der Waals surface area (Å²) in [4.78, 5) is 23.8. The molecular weight excluding hydrogens is 412 g/mol. The minimum atomic E-state index is -0.451. The molecule has 3 aromatic rings. The minimum Gasteiger partial charge on any atom is -0.465 e. The van der Waals surface area contributed by atoms with Crippen LogP contribution in [-0.4, -0.2) is 45.9 Å². The third-order valence-corrected chi connectivity index (χ3v) is 4.80. The number of nitrogens with zero attached hydrogens (tertiary/aromatic N) is 4. The van der Waals surface area contributed by atoms with Crippen molar-refractivity contribution in [2.24, 2.45) is 5.73 Å². The molecule has 0 radical (unpaired) electrons. The maximum absolute atomic E-state index is 12.0. The monoisotopic (exact) mass is 438 g/mol. The highest BCUT2D eigenvalue weighted by atomic mass is 16.5. The summed E-state index contributed by atoms with van der Waals surface area (Å²) in [5, 5.41) is 15.3. The summed E-state index contributed by atoms with van der Waals surface area (Å²) in [6, 6.07) is 14.4. The van der Waals surface area contributed by atoms with E-state index in [1.807, 2.05) is 24.3 Å². The number of methoxy groups -OCH3 is 1. The lowest BCUT2D eigenvalue weighted by Gasteiger charge is -2.19. The van der Waals surface area contributed by atoms with Crippen LogP contribution in [0.3, 0.4) is 0 Å². The van der Waals surface area contributed by atoms with Crippen molar-refractivity contribution in [2.45, 2.75) is 32.6 Å². The second kappa shape index (κ2) is 11.1. The zero-order valence-electron chi connectivity index (χ0n) is 18.0. The van der Waals surface area contributed by atoms with Crippen LogP contribution in [-0.2, 0) is 33.9 Å². The summed E-state index contributed by atoms with van der Waals surface area (Å²) < 4.78 is 11.2. The van der Waals surface area contributed by atoms with Gasteiger partial charge in [-0.15, -0.1) is 5.10 Å². The average molecular weight is 438 g/mol. The number of nitrogens with one attached hydrogen (secondary N) is 1. The van der Waals surface area contributed by atoms with E-state index in [0.717, 1.165) is 16.7 Å². The van der Waals surface area contributed by atoms with Gasteiger partial charge in [-0.05, 0) is 46.2 Å². The highest BCUT2D eigenvalue weighted by Crippen LogP contribution is 2.22. The van der Waals surface area contributed by atoms with Crippen LogP contribution in [0.4, 0.5) is 0 Å². The Bertz CT molecular complexity index is 1050. The van der Waals surface area contributed by atoms with E-state index in [2.05, 4.69) is 20.8 Å². The zero-order valence-corrected chi connectivity index (χ0v) is 18.0. The minimum absolute atomic E-state index is 0.114. The van der Waals surface area contributed by atoms with Gasteiger partial charge in [0.25, 0.3) is 0 Å². The van der Waals surface area contributed by atoms with Gasteiger partial charge in [0.15, 0.2) is 5.82 Å². The van der Waals surface area contributed by atoms with Gasteiger partial charge in [0.05, 0.1) is 25.3 Å². The molecule has 1 heterocycles. The molecule has 0 saturated carbocycles. The first-order chi connectivity index (χ1) is 15.5. The lowest BCUT2D eigenvalue weighted by molar-refractivity contribution is -0.144. The number of hydrogen-bond acceptors (Lipinski definition) is 9. The van der Waals surface area contributed by atoms with Crippen molar-refractivity contribution < 1.29 is 19.1 Å². The first kappa shape index (κ1) is 23.0. The second-order valence-electron chi connectivity index (χ2n) is 6.95. The molecule has 3 N–H and O–H groups in total. The summed E-state index contributed by atoms with van der Waals surface area (Å²) in [5.41, 5.74) is 9.05. The normalized spacial score (nSPS) is 11.7. The smallest absolute Gasteiger partial charge is 0.337 e. The topological polar surface area (TPSA) is 134 Å². The predicted octanol–water partition coefficient (Wildman–Crippen LogP) is 1.36. The molecule has 0 saturated heterocycles. The molecule has 0 spiro atoms. The molecule has 10 heteroatoms. The average Bonchev–Trinajstić information content (AvgIpc) is 3.27. The van der Waals surface area contributed by atoms with Gasteiger partial charge in [0, 0.05) is 13.1 Å². The Balaban J connectivity index is 1.90. The van der Waals surface area contributed by atoms with Crippen LogP contribution >= 0.6 is 0 Å². The number of benzene rings is 2. The van der Waals surface area contributed by atoms with Gasteiger partial charge in [-0.3, -0.25) is 10.1 Å². The molecule has 1 atom stereocenters. The second-order valence-corrected chi connectivity index (χ2v) is 6.95. The van der Waals surface area contributed by atoms with Crippen molar-refractivity contribution in [3.63, 3.8) is 0 Å². The highest BCUT2D eigenvalue weighted by molar-refractivity contribution is 5.89. The van der Waals surface area contributed by atoms with Crippen molar-refractivity contribution in [1.82, 2.24) is 25.5 Å². The quantitative estimate of drug-likeness (QED) is 0.450. The fourth-order valence-corrected chi connectivity index (χ4v) is 3.23. The Kier molecular flexibility index (Phi) is 8.01. The SMILES string of the molecule is CCOC(=O)Cn1nnnc1C(NCc1cccc(CN)c1)c1ccc(C(=O)OC)cc1. The molecule has 2 aromatic carbocycles. The van der Waals surface area contributed by atoms with E-state index >= 15 is 0 Å². The van der Waals surface area contributed by atoms with Crippen molar-refractivity contribution in [2.75, 3.05) is 13.7 Å². The van der Waals surface area contributed by atoms with E-state index in [1.165, 1.54) is 11.8 Å². The maximum atomic E-state index is 12.0. The molecule has 1 aromatic heterocycles. The number of carbonyl (C=O) groups excluding carboxylic acids is 2.